The number of carbonyl (C=O) groups excluding carboxylic acids is 1. The van der Waals surface area contributed by atoms with E-state index in [0.29, 0.717) is 0 Å². The summed E-state index contributed by atoms with van der Waals surface area (Å²) in [4.78, 5) is 18.0. The summed E-state index contributed by atoms with van der Waals surface area (Å²) >= 11 is 1.47. The fraction of sp³-hybridized carbons (Fsp3) is 0.444. The fourth-order valence-electron chi connectivity index (χ4n) is 3.45. The van der Waals surface area contributed by atoms with E-state index >= 15 is 0 Å². The molecule has 1 aliphatic carbocycles. The summed E-state index contributed by atoms with van der Waals surface area (Å²) in [5.41, 5.74) is 1.75. The van der Waals surface area contributed by atoms with Crippen LogP contribution in [-0.2, 0) is 11.2 Å². The van der Waals surface area contributed by atoms with Crippen molar-refractivity contribution in [2.24, 2.45) is 0 Å². The van der Waals surface area contributed by atoms with Gasteiger partial charge in [0.05, 0.1) is 29.2 Å². The van der Waals surface area contributed by atoms with Gasteiger partial charge in [-0.2, -0.15) is 0 Å². The molecule has 26 heavy (non-hydrogen) atoms. The molecule has 138 valence electrons. The number of benzene rings is 1. The van der Waals surface area contributed by atoms with E-state index in [2.05, 4.69) is 15.6 Å². The monoisotopic (exact) mass is 381 g/mol. The van der Waals surface area contributed by atoms with Crippen molar-refractivity contribution in [1.29, 1.82) is 0 Å². The summed E-state index contributed by atoms with van der Waals surface area (Å²) in [5, 5.41) is 6.27. The molecule has 0 bridgehead atoms. The third-order valence-electron chi connectivity index (χ3n) is 4.78. The number of rotatable bonds is 3. The quantitative estimate of drug-likeness (QED) is 0.856. The van der Waals surface area contributed by atoms with E-state index in [9.17, 15) is 18.0 Å². The van der Waals surface area contributed by atoms with Gasteiger partial charge in [0.1, 0.15) is 10.8 Å². The van der Waals surface area contributed by atoms with Crippen LogP contribution < -0.4 is 10.6 Å². The van der Waals surface area contributed by atoms with Crippen LogP contribution in [0.1, 0.15) is 35.9 Å². The molecule has 2 aliphatic rings. The molecule has 1 aromatic carbocycles. The summed E-state index contributed by atoms with van der Waals surface area (Å²) in [6, 6.07) is 5.06. The second kappa shape index (κ2) is 6.66. The third kappa shape index (κ3) is 3.48. The number of alkyl halides is 2. The second-order valence-corrected chi connectivity index (χ2v) is 7.81. The number of aryl methyl sites for hydroxylation is 1. The van der Waals surface area contributed by atoms with Crippen LogP contribution >= 0.6 is 11.3 Å². The molecule has 0 spiro atoms. The smallest absolute Gasteiger partial charge is 0.262 e. The van der Waals surface area contributed by atoms with Crippen LogP contribution in [-0.4, -0.2) is 29.4 Å². The van der Waals surface area contributed by atoms with Crippen molar-refractivity contribution >= 4 is 17.2 Å². The van der Waals surface area contributed by atoms with Gasteiger partial charge in [0, 0.05) is 12.0 Å². The molecule has 0 radical (unpaired) electrons. The number of amides is 1. The highest BCUT2D eigenvalue weighted by atomic mass is 32.1. The number of halogens is 3. The minimum atomic E-state index is -2.83. The number of nitrogens with zero attached hydrogens (tertiary/aromatic N) is 1. The molecule has 2 aromatic rings. The van der Waals surface area contributed by atoms with Crippen molar-refractivity contribution < 1.29 is 18.0 Å². The topological polar surface area (TPSA) is 54.0 Å². The maximum absolute atomic E-state index is 13.3. The highest BCUT2D eigenvalue weighted by Crippen LogP contribution is 2.38. The lowest BCUT2D eigenvalue weighted by Crippen LogP contribution is -2.42. The Bertz CT molecular complexity index is 822. The molecule has 2 atom stereocenters. The number of hydrogen-bond donors (Lipinski definition) is 2. The van der Waals surface area contributed by atoms with Gasteiger partial charge in [0.2, 0.25) is 5.91 Å². The van der Waals surface area contributed by atoms with Gasteiger partial charge < -0.3 is 5.32 Å². The largest absolute Gasteiger partial charge is 0.347 e. The fourth-order valence-corrected chi connectivity index (χ4v) is 4.65. The van der Waals surface area contributed by atoms with Crippen molar-refractivity contribution in [2.45, 2.75) is 43.7 Å². The van der Waals surface area contributed by atoms with E-state index in [0.717, 1.165) is 40.4 Å². The van der Waals surface area contributed by atoms with Crippen LogP contribution in [0.4, 0.5) is 13.2 Å². The normalized spacial score (nSPS) is 24.3. The Kier molecular flexibility index (Phi) is 4.48. The van der Waals surface area contributed by atoms with E-state index in [4.69, 9.17) is 0 Å². The first-order valence-electron chi connectivity index (χ1n) is 8.58. The molecule has 4 rings (SSSR count). The van der Waals surface area contributed by atoms with Gasteiger partial charge in [0.15, 0.2) is 0 Å². The number of nitrogens with one attached hydrogen (secondary N) is 2. The Balaban J connectivity index is 1.52. The van der Waals surface area contributed by atoms with E-state index < -0.39 is 30.8 Å². The van der Waals surface area contributed by atoms with Crippen LogP contribution in [0.5, 0.6) is 0 Å². The first kappa shape index (κ1) is 17.5. The minimum absolute atomic E-state index is 0.214. The molecule has 0 saturated carbocycles. The van der Waals surface area contributed by atoms with Crippen molar-refractivity contribution in [1.82, 2.24) is 15.6 Å². The zero-order valence-electron chi connectivity index (χ0n) is 13.9. The SMILES string of the molecule is O=C(NC1CCCc2nc(-c3ccc(F)cc3)sc21)C1CC(F)(F)CN1. The van der Waals surface area contributed by atoms with Crippen LogP contribution in [0.2, 0.25) is 0 Å². The van der Waals surface area contributed by atoms with Crippen molar-refractivity contribution in [3.05, 3.63) is 40.7 Å². The Morgan fingerprint density at radius 2 is 2.08 bits per heavy atom. The zero-order valence-corrected chi connectivity index (χ0v) is 14.7. The number of fused-ring (bicyclic) bond motifs is 1. The first-order chi connectivity index (χ1) is 12.4. The Morgan fingerprint density at radius 3 is 2.77 bits per heavy atom. The lowest BCUT2D eigenvalue weighted by atomic mass is 9.97. The van der Waals surface area contributed by atoms with Crippen molar-refractivity contribution in [2.75, 3.05) is 6.54 Å². The van der Waals surface area contributed by atoms with E-state index in [1.807, 2.05) is 0 Å². The average Bonchev–Trinajstić information content (AvgIpc) is 3.19. The van der Waals surface area contributed by atoms with Gasteiger partial charge >= 0.3 is 0 Å². The average molecular weight is 381 g/mol. The lowest BCUT2D eigenvalue weighted by Gasteiger charge is -2.24. The van der Waals surface area contributed by atoms with Gasteiger partial charge in [0.25, 0.3) is 5.92 Å². The maximum Gasteiger partial charge on any atom is 0.262 e. The second-order valence-electron chi connectivity index (χ2n) is 6.78. The third-order valence-corrected chi connectivity index (χ3v) is 6.04. The van der Waals surface area contributed by atoms with E-state index in [-0.39, 0.29) is 11.9 Å². The molecular formula is C18H18F3N3OS. The molecule has 2 unspecified atom stereocenters. The molecule has 2 N–H and O–H groups in total. The van der Waals surface area contributed by atoms with E-state index in [1.165, 1.54) is 23.5 Å². The summed E-state index contributed by atoms with van der Waals surface area (Å²) in [6.45, 7) is -0.462. The van der Waals surface area contributed by atoms with Crippen LogP contribution in [0.15, 0.2) is 24.3 Å². The molecular weight excluding hydrogens is 363 g/mol. The van der Waals surface area contributed by atoms with Crippen molar-refractivity contribution in [3.63, 3.8) is 0 Å². The maximum atomic E-state index is 13.3. The predicted octanol–water partition coefficient (Wildman–Crippen LogP) is 3.44. The molecule has 1 amide bonds. The lowest BCUT2D eigenvalue weighted by molar-refractivity contribution is -0.124. The summed E-state index contributed by atoms with van der Waals surface area (Å²) in [5.74, 6) is -3.53. The van der Waals surface area contributed by atoms with E-state index in [1.54, 1.807) is 12.1 Å². The Labute approximate surface area is 152 Å². The van der Waals surface area contributed by atoms with Gasteiger partial charge in [-0.3, -0.25) is 10.1 Å². The number of carbonyl (C=O) groups is 1. The van der Waals surface area contributed by atoms with Gasteiger partial charge in [-0.1, -0.05) is 0 Å². The zero-order chi connectivity index (χ0) is 18.3. The summed E-state index contributed by atoms with van der Waals surface area (Å²) < 4.78 is 39.7. The molecule has 1 aromatic heterocycles. The van der Waals surface area contributed by atoms with Crippen LogP contribution in [0.3, 0.4) is 0 Å². The molecule has 1 aliphatic heterocycles. The van der Waals surface area contributed by atoms with Crippen LogP contribution in [0.25, 0.3) is 10.6 Å². The standard InChI is InChI=1S/C18H18F3N3OS/c19-11-6-4-10(5-7-11)17-24-13-3-1-2-12(15(13)26-17)23-16(25)14-8-18(20,21)9-22-14/h4-7,12,14,22H,1-3,8-9H2,(H,23,25). The minimum Gasteiger partial charge on any atom is -0.347 e. The summed E-state index contributed by atoms with van der Waals surface area (Å²) in [7, 11) is 0. The Morgan fingerprint density at radius 1 is 1.31 bits per heavy atom. The highest BCUT2D eigenvalue weighted by Gasteiger charge is 2.43. The van der Waals surface area contributed by atoms with Crippen LogP contribution in [0, 0.1) is 5.82 Å². The van der Waals surface area contributed by atoms with Gasteiger partial charge in [-0.15, -0.1) is 11.3 Å². The summed E-state index contributed by atoms with van der Waals surface area (Å²) in [6.07, 6.45) is 1.98. The molecule has 8 heteroatoms. The molecule has 1 fully saturated rings. The molecule has 1 saturated heterocycles. The number of aromatic nitrogens is 1. The Hall–Kier alpha value is -1.93. The number of thiazole rings is 1. The predicted molar refractivity (Wildman–Crippen MR) is 92.7 cm³/mol. The van der Waals surface area contributed by atoms with Gasteiger partial charge in [-0.25, -0.2) is 18.2 Å². The number of hydrogen-bond acceptors (Lipinski definition) is 4. The molecule has 2 heterocycles. The van der Waals surface area contributed by atoms with Crippen molar-refractivity contribution in [3.8, 4) is 10.6 Å². The van der Waals surface area contributed by atoms with Gasteiger partial charge in [-0.05, 0) is 43.5 Å². The highest BCUT2D eigenvalue weighted by molar-refractivity contribution is 7.15. The molecule has 4 nitrogen and oxygen atoms in total. The first-order valence-corrected chi connectivity index (χ1v) is 9.40.